The third-order valence-corrected chi connectivity index (χ3v) is 6.63. The van der Waals surface area contributed by atoms with E-state index in [2.05, 4.69) is 5.32 Å². The maximum Gasteiger partial charge on any atom is 0.264 e. The lowest BCUT2D eigenvalue weighted by Crippen LogP contribution is -2.40. The maximum absolute atomic E-state index is 13.3. The van der Waals surface area contributed by atoms with E-state index in [-0.39, 0.29) is 11.4 Å². The molecule has 0 aliphatic heterocycles. The van der Waals surface area contributed by atoms with Gasteiger partial charge in [0.05, 0.1) is 10.6 Å². The van der Waals surface area contributed by atoms with Crippen molar-refractivity contribution in [2.45, 2.75) is 25.3 Å². The van der Waals surface area contributed by atoms with Crippen molar-refractivity contribution in [3.05, 3.63) is 94.5 Å². The lowest BCUT2D eigenvalue weighted by atomic mass is 10.1. The summed E-state index contributed by atoms with van der Waals surface area (Å²) in [4.78, 5) is 12.7. The molecule has 0 aromatic heterocycles. The number of rotatable bonds is 7. The fraction of sp³-hybridized carbons (Fsp3) is 0.174. The molecule has 0 unspecified atom stereocenters. The van der Waals surface area contributed by atoms with Gasteiger partial charge in [-0.05, 0) is 49.7 Å². The van der Waals surface area contributed by atoms with Crippen molar-refractivity contribution in [3.8, 4) is 0 Å². The molecule has 0 atom stereocenters. The van der Waals surface area contributed by atoms with Gasteiger partial charge in [-0.1, -0.05) is 65.2 Å². The van der Waals surface area contributed by atoms with Gasteiger partial charge in [-0.15, -0.1) is 0 Å². The van der Waals surface area contributed by atoms with Crippen LogP contribution in [0.2, 0.25) is 5.02 Å². The number of carbonyl (C=O) groups excluding carboxylic acids is 1. The van der Waals surface area contributed by atoms with Crippen LogP contribution >= 0.6 is 11.6 Å². The minimum absolute atomic E-state index is 0.111. The van der Waals surface area contributed by atoms with E-state index in [0.29, 0.717) is 17.3 Å². The fourth-order valence-corrected chi connectivity index (χ4v) is 4.47. The van der Waals surface area contributed by atoms with Gasteiger partial charge in [0.1, 0.15) is 6.54 Å². The molecule has 3 rings (SSSR count). The second-order valence-corrected chi connectivity index (χ2v) is 9.37. The van der Waals surface area contributed by atoms with Crippen LogP contribution in [-0.2, 0) is 21.4 Å². The lowest BCUT2D eigenvalue weighted by molar-refractivity contribution is -0.119. The number of aryl methyl sites for hydroxylation is 2. The van der Waals surface area contributed by atoms with E-state index < -0.39 is 15.9 Å². The molecule has 0 heterocycles. The van der Waals surface area contributed by atoms with Crippen LogP contribution in [-0.4, -0.2) is 20.9 Å². The van der Waals surface area contributed by atoms with Crippen LogP contribution < -0.4 is 9.62 Å². The minimum atomic E-state index is -3.96. The molecule has 0 aliphatic rings. The van der Waals surface area contributed by atoms with E-state index in [4.69, 9.17) is 11.6 Å². The van der Waals surface area contributed by atoms with Crippen molar-refractivity contribution >= 4 is 33.2 Å². The molecule has 1 N–H and O–H groups in total. The Hall–Kier alpha value is -2.83. The van der Waals surface area contributed by atoms with E-state index in [1.807, 2.05) is 38.1 Å². The van der Waals surface area contributed by atoms with Crippen molar-refractivity contribution in [3.63, 3.8) is 0 Å². The Morgan fingerprint density at radius 2 is 1.53 bits per heavy atom. The van der Waals surface area contributed by atoms with Crippen LogP contribution in [0.15, 0.2) is 77.7 Å². The molecule has 156 valence electrons. The summed E-state index contributed by atoms with van der Waals surface area (Å²) in [6, 6.07) is 20.7. The first-order chi connectivity index (χ1) is 14.3. The third-order valence-electron chi connectivity index (χ3n) is 4.60. The number of nitrogens with one attached hydrogen (secondary N) is 1. The Labute approximate surface area is 182 Å². The summed E-state index contributed by atoms with van der Waals surface area (Å²) in [6.07, 6.45) is 0. The van der Waals surface area contributed by atoms with Crippen LogP contribution in [0.4, 0.5) is 5.69 Å². The zero-order valence-corrected chi connectivity index (χ0v) is 18.4. The number of halogens is 1. The Morgan fingerprint density at radius 3 is 2.13 bits per heavy atom. The van der Waals surface area contributed by atoms with Gasteiger partial charge < -0.3 is 5.32 Å². The number of benzene rings is 3. The first-order valence-electron chi connectivity index (χ1n) is 9.43. The zero-order chi connectivity index (χ0) is 21.7. The molecule has 0 spiro atoms. The lowest BCUT2D eigenvalue weighted by Gasteiger charge is -2.24. The smallest absolute Gasteiger partial charge is 0.264 e. The summed E-state index contributed by atoms with van der Waals surface area (Å²) >= 11 is 6.07. The van der Waals surface area contributed by atoms with Crippen molar-refractivity contribution < 1.29 is 13.2 Å². The SMILES string of the molecule is Cc1ccc(CNC(=O)CN(c2cccc(Cl)c2)S(=O)(=O)c2ccc(C)cc2)cc1. The van der Waals surface area contributed by atoms with E-state index in [1.165, 1.54) is 18.2 Å². The number of hydrogen-bond donors (Lipinski definition) is 1. The van der Waals surface area contributed by atoms with Crippen molar-refractivity contribution in [1.29, 1.82) is 0 Å². The first kappa shape index (κ1) is 21.9. The number of hydrogen-bond acceptors (Lipinski definition) is 3. The quantitative estimate of drug-likeness (QED) is 0.587. The van der Waals surface area contributed by atoms with Gasteiger partial charge in [0.25, 0.3) is 10.0 Å². The van der Waals surface area contributed by atoms with Gasteiger partial charge in [-0.2, -0.15) is 0 Å². The molecule has 30 heavy (non-hydrogen) atoms. The molecule has 0 bridgehead atoms. The molecule has 3 aromatic carbocycles. The van der Waals surface area contributed by atoms with Crippen molar-refractivity contribution in [2.75, 3.05) is 10.8 Å². The summed E-state index contributed by atoms with van der Waals surface area (Å²) in [5, 5.41) is 3.17. The predicted octanol–water partition coefficient (Wildman–Crippen LogP) is 4.47. The molecule has 7 heteroatoms. The molecule has 5 nitrogen and oxygen atoms in total. The van der Waals surface area contributed by atoms with Gasteiger partial charge in [0.2, 0.25) is 5.91 Å². The van der Waals surface area contributed by atoms with Crippen LogP contribution in [0.25, 0.3) is 0 Å². The highest BCUT2D eigenvalue weighted by molar-refractivity contribution is 7.92. The predicted molar refractivity (Wildman–Crippen MR) is 120 cm³/mol. The molecule has 0 saturated heterocycles. The second kappa shape index (κ2) is 9.32. The molecule has 1 amide bonds. The van der Waals surface area contributed by atoms with Gasteiger partial charge in [0.15, 0.2) is 0 Å². The van der Waals surface area contributed by atoms with Gasteiger partial charge >= 0.3 is 0 Å². The average Bonchev–Trinajstić information content (AvgIpc) is 2.72. The number of nitrogens with zero attached hydrogens (tertiary/aromatic N) is 1. The van der Waals surface area contributed by atoms with Crippen LogP contribution in [0.3, 0.4) is 0 Å². The number of sulfonamides is 1. The van der Waals surface area contributed by atoms with E-state index in [9.17, 15) is 13.2 Å². The van der Waals surface area contributed by atoms with E-state index >= 15 is 0 Å². The first-order valence-corrected chi connectivity index (χ1v) is 11.2. The molecule has 0 aliphatic carbocycles. The number of amides is 1. The summed E-state index contributed by atoms with van der Waals surface area (Å²) in [5.74, 6) is -0.411. The molecule has 0 fully saturated rings. The molecular weight excluding hydrogens is 420 g/mol. The summed E-state index contributed by atoms with van der Waals surface area (Å²) in [7, 11) is -3.96. The normalized spacial score (nSPS) is 11.2. The minimum Gasteiger partial charge on any atom is -0.350 e. The standard InChI is InChI=1S/C23H23ClN2O3S/c1-17-6-10-19(11-7-17)15-25-23(27)16-26(21-5-3-4-20(24)14-21)30(28,29)22-12-8-18(2)9-13-22/h3-14H,15-16H2,1-2H3,(H,25,27). The Bertz CT molecular complexity index is 1130. The summed E-state index contributed by atoms with van der Waals surface area (Å²) in [5.41, 5.74) is 3.33. The summed E-state index contributed by atoms with van der Waals surface area (Å²) < 4.78 is 27.7. The second-order valence-electron chi connectivity index (χ2n) is 7.07. The topological polar surface area (TPSA) is 66.5 Å². The molecule has 3 aromatic rings. The van der Waals surface area contributed by atoms with E-state index in [1.54, 1.807) is 30.3 Å². The monoisotopic (exact) mass is 442 g/mol. The van der Waals surface area contributed by atoms with Crippen molar-refractivity contribution in [2.24, 2.45) is 0 Å². The number of anilines is 1. The molecule has 0 saturated carbocycles. The summed E-state index contributed by atoms with van der Waals surface area (Å²) in [6.45, 7) is 3.82. The van der Waals surface area contributed by atoms with Gasteiger partial charge in [-0.25, -0.2) is 8.42 Å². The van der Waals surface area contributed by atoms with Gasteiger partial charge in [0, 0.05) is 11.6 Å². The van der Waals surface area contributed by atoms with Crippen LogP contribution in [0.5, 0.6) is 0 Å². The largest absolute Gasteiger partial charge is 0.350 e. The van der Waals surface area contributed by atoms with Crippen LogP contribution in [0.1, 0.15) is 16.7 Å². The van der Waals surface area contributed by atoms with Crippen molar-refractivity contribution in [1.82, 2.24) is 5.32 Å². The Kier molecular flexibility index (Phi) is 6.80. The highest BCUT2D eigenvalue weighted by Crippen LogP contribution is 2.26. The zero-order valence-electron chi connectivity index (χ0n) is 16.8. The van der Waals surface area contributed by atoms with E-state index in [0.717, 1.165) is 21.0 Å². The third kappa shape index (κ3) is 5.40. The highest BCUT2D eigenvalue weighted by Gasteiger charge is 2.27. The average molecular weight is 443 g/mol. The molecular formula is C23H23ClN2O3S. The molecule has 0 radical (unpaired) electrons. The maximum atomic E-state index is 13.3. The van der Waals surface area contributed by atoms with Crippen LogP contribution in [0, 0.1) is 13.8 Å². The van der Waals surface area contributed by atoms with Gasteiger partial charge in [-0.3, -0.25) is 9.10 Å². The Morgan fingerprint density at radius 1 is 0.933 bits per heavy atom. The Balaban J connectivity index is 1.85. The fourth-order valence-electron chi connectivity index (χ4n) is 2.88. The highest BCUT2D eigenvalue weighted by atomic mass is 35.5. The number of carbonyl (C=O) groups is 1.